The van der Waals surface area contributed by atoms with Gasteiger partial charge < -0.3 is 10.4 Å². The predicted octanol–water partition coefficient (Wildman–Crippen LogP) is 2.82. The summed E-state index contributed by atoms with van der Waals surface area (Å²) < 4.78 is 0. The Balaban J connectivity index is 2.73. The zero-order valence-corrected chi connectivity index (χ0v) is 11.6. The minimum absolute atomic E-state index is 0.292. The van der Waals surface area contributed by atoms with Crippen molar-refractivity contribution >= 4 is 17.4 Å². The normalized spacial score (nSPS) is 14.1. The third-order valence-corrected chi connectivity index (χ3v) is 2.88. The first-order valence-corrected chi connectivity index (χ1v) is 6.24. The summed E-state index contributed by atoms with van der Waals surface area (Å²) in [6.07, 6.45) is 2.19. The third-order valence-electron chi connectivity index (χ3n) is 2.49. The second-order valence-electron chi connectivity index (χ2n) is 5.08. The topological polar surface area (TPSA) is 68.9 Å². The van der Waals surface area contributed by atoms with Crippen LogP contribution in [-0.2, 0) is 0 Å². The Morgan fingerprint density at radius 1 is 1.61 bits per heavy atom. The molecule has 18 heavy (non-hydrogen) atoms. The van der Waals surface area contributed by atoms with E-state index in [4.69, 9.17) is 16.9 Å². The SMILES string of the molecule is CC(C)CC(C)(O)CNc1nccc(C#N)c1Cl. The molecule has 98 valence electrons. The summed E-state index contributed by atoms with van der Waals surface area (Å²) in [5, 5.41) is 22.3. The maximum atomic E-state index is 10.2. The Morgan fingerprint density at radius 3 is 2.83 bits per heavy atom. The molecule has 0 saturated carbocycles. The van der Waals surface area contributed by atoms with Gasteiger partial charge in [-0.05, 0) is 25.3 Å². The average molecular weight is 268 g/mol. The third kappa shape index (κ3) is 4.17. The van der Waals surface area contributed by atoms with E-state index < -0.39 is 5.60 Å². The van der Waals surface area contributed by atoms with Gasteiger partial charge >= 0.3 is 0 Å². The van der Waals surface area contributed by atoms with Crippen LogP contribution >= 0.6 is 11.6 Å². The minimum atomic E-state index is -0.832. The molecule has 0 aliphatic heterocycles. The maximum Gasteiger partial charge on any atom is 0.146 e. The Hall–Kier alpha value is -1.31. The van der Waals surface area contributed by atoms with E-state index in [9.17, 15) is 5.11 Å². The Kier molecular flexibility index (Phi) is 4.94. The summed E-state index contributed by atoms with van der Waals surface area (Å²) in [6.45, 7) is 6.21. The number of halogens is 1. The van der Waals surface area contributed by atoms with E-state index in [0.717, 1.165) is 0 Å². The fourth-order valence-electron chi connectivity index (χ4n) is 1.88. The summed E-state index contributed by atoms with van der Waals surface area (Å²) in [4.78, 5) is 4.06. The number of nitriles is 1. The van der Waals surface area contributed by atoms with Crippen LogP contribution in [0.2, 0.25) is 5.02 Å². The van der Waals surface area contributed by atoms with Gasteiger partial charge in [0.25, 0.3) is 0 Å². The second kappa shape index (κ2) is 6.03. The quantitative estimate of drug-likeness (QED) is 0.861. The highest BCUT2D eigenvalue weighted by molar-refractivity contribution is 6.34. The van der Waals surface area contributed by atoms with Crippen LogP contribution in [0.15, 0.2) is 12.3 Å². The number of aliphatic hydroxyl groups is 1. The van der Waals surface area contributed by atoms with E-state index in [-0.39, 0.29) is 0 Å². The maximum absolute atomic E-state index is 10.2. The molecule has 0 aliphatic carbocycles. The lowest BCUT2D eigenvalue weighted by Gasteiger charge is -2.26. The molecule has 0 amide bonds. The van der Waals surface area contributed by atoms with Crippen LogP contribution in [0.3, 0.4) is 0 Å². The molecular weight excluding hydrogens is 250 g/mol. The van der Waals surface area contributed by atoms with Gasteiger partial charge in [0.1, 0.15) is 16.9 Å². The van der Waals surface area contributed by atoms with Gasteiger partial charge in [-0.3, -0.25) is 0 Å². The van der Waals surface area contributed by atoms with E-state index in [1.165, 1.54) is 6.20 Å². The molecular formula is C13H18ClN3O. The number of anilines is 1. The molecule has 0 radical (unpaired) electrons. The van der Waals surface area contributed by atoms with Crippen LogP contribution in [0.1, 0.15) is 32.8 Å². The number of hydrogen-bond acceptors (Lipinski definition) is 4. The monoisotopic (exact) mass is 267 g/mol. The van der Waals surface area contributed by atoms with E-state index in [1.54, 1.807) is 13.0 Å². The van der Waals surface area contributed by atoms with Crippen molar-refractivity contribution in [2.75, 3.05) is 11.9 Å². The summed E-state index contributed by atoms with van der Waals surface area (Å²) in [7, 11) is 0. The second-order valence-corrected chi connectivity index (χ2v) is 5.46. The molecule has 0 spiro atoms. The molecule has 1 rings (SSSR count). The van der Waals surface area contributed by atoms with Gasteiger partial charge in [0.15, 0.2) is 0 Å². The van der Waals surface area contributed by atoms with E-state index >= 15 is 0 Å². The Bertz CT molecular complexity index is 452. The van der Waals surface area contributed by atoms with Crippen molar-refractivity contribution < 1.29 is 5.11 Å². The Labute approximate surface area is 113 Å². The highest BCUT2D eigenvalue weighted by Gasteiger charge is 2.22. The largest absolute Gasteiger partial charge is 0.388 e. The van der Waals surface area contributed by atoms with Gasteiger partial charge in [-0.15, -0.1) is 0 Å². The van der Waals surface area contributed by atoms with Crippen LogP contribution in [0.5, 0.6) is 0 Å². The van der Waals surface area contributed by atoms with Crippen molar-refractivity contribution in [3.63, 3.8) is 0 Å². The molecule has 1 atom stereocenters. The van der Waals surface area contributed by atoms with E-state index in [1.807, 2.05) is 6.07 Å². The molecule has 0 aliphatic rings. The molecule has 0 aromatic carbocycles. The fraction of sp³-hybridized carbons (Fsp3) is 0.538. The molecule has 0 bridgehead atoms. The summed E-state index contributed by atoms with van der Waals surface area (Å²) in [5.41, 5.74) is -0.459. The zero-order valence-electron chi connectivity index (χ0n) is 10.9. The summed E-state index contributed by atoms with van der Waals surface area (Å²) >= 11 is 6.01. The number of pyridine rings is 1. The van der Waals surface area contributed by atoms with E-state index in [2.05, 4.69) is 24.1 Å². The first-order valence-electron chi connectivity index (χ1n) is 5.86. The molecule has 0 saturated heterocycles. The molecule has 2 N–H and O–H groups in total. The van der Waals surface area contributed by atoms with Crippen LogP contribution in [0.4, 0.5) is 5.82 Å². The standard InChI is InChI=1S/C13H18ClN3O/c1-9(2)6-13(3,18)8-17-12-11(14)10(7-15)4-5-16-12/h4-5,9,18H,6,8H2,1-3H3,(H,16,17). The van der Waals surface area contributed by atoms with Gasteiger partial charge in [-0.2, -0.15) is 5.26 Å². The molecule has 1 unspecified atom stereocenters. The van der Waals surface area contributed by atoms with Crippen LogP contribution in [-0.4, -0.2) is 22.2 Å². The molecule has 1 heterocycles. The van der Waals surface area contributed by atoms with Crippen molar-refractivity contribution in [3.8, 4) is 6.07 Å². The van der Waals surface area contributed by atoms with Crippen LogP contribution < -0.4 is 5.32 Å². The van der Waals surface area contributed by atoms with E-state index in [0.29, 0.717) is 35.3 Å². The van der Waals surface area contributed by atoms with Crippen LogP contribution in [0.25, 0.3) is 0 Å². The fourth-order valence-corrected chi connectivity index (χ4v) is 2.10. The minimum Gasteiger partial charge on any atom is -0.388 e. The Morgan fingerprint density at radius 2 is 2.28 bits per heavy atom. The average Bonchev–Trinajstić information content (AvgIpc) is 2.26. The highest BCUT2D eigenvalue weighted by Crippen LogP contribution is 2.24. The summed E-state index contributed by atoms with van der Waals surface area (Å²) in [6, 6.07) is 3.55. The smallest absolute Gasteiger partial charge is 0.146 e. The zero-order chi connectivity index (χ0) is 13.8. The number of rotatable bonds is 5. The molecule has 5 heteroatoms. The first-order chi connectivity index (χ1) is 8.35. The molecule has 1 aromatic rings. The number of nitrogens with zero attached hydrogens (tertiary/aromatic N) is 2. The van der Waals surface area contributed by atoms with Gasteiger partial charge in [0.2, 0.25) is 0 Å². The van der Waals surface area contributed by atoms with Gasteiger partial charge in [0, 0.05) is 12.7 Å². The van der Waals surface area contributed by atoms with Gasteiger partial charge in [-0.25, -0.2) is 4.98 Å². The first kappa shape index (κ1) is 14.7. The van der Waals surface area contributed by atoms with Gasteiger partial charge in [0.05, 0.1) is 11.2 Å². The highest BCUT2D eigenvalue weighted by atomic mass is 35.5. The lowest BCUT2D eigenvalue weighted by Crippen LogP contribution is -2.35. The lowest BCUT2D eigenvalue weighted by atomic mass is 9.94. The van der Waals surface area contributed by atoms with Crippen molar-refractivity contribution in [3.05, 3.63) is 22.8 Å². The molecule has 4 nitrogen and oxygen atoms in total. The predicted molar refractivity (Wildman–Crippen MR) is 72.5 cm³/mol. The number of aromatic nitrogens is 1. The summed E-state index contributed by atoms with van der Waals surface area (Å²) in [5.74, 6) is 0.829. The number of nitrogens with one attached hydrogen (secondary N) is 1. The van der Waals surface area contributed by atoms with Crippen molar-refractivity contribution in [1.82, 2.24) is 4.98 Å². The lowest BCUT2D eigenvalue weighted by molar-refractivity contribution is 0.0515. The van der Waals surface area contributed by atoms with Crippen molar-refractivity contribution in [2.45, 2.75) is 32.8 Å². The number of hydrogen-bond donors (Lipinski definition) is 2. The van der Waals surface area contributed by atoms with Gasteiger partial charge in [-0.1, -0.05) is 25.4 Å². The molecule has 1 aromatic heterocycles. The molecule has 0 fully saturated rings. The van der Waals surface area contributed by atoms with Crippen molar-refractivity contribution in [1.29, 1.82) is 5.26 Å². The van der Waals surface area contributed by atoms with Crippen molar-refractivity contribution in [2.24, 2.45) is 5.92 Å². The van der Waals surface area contributed by atoms with Crippen LogP contribution in [0, 0.1) is 17.2 Å².